The fraction of sp³-hybridized carbons (Fsp3) is 0.267. The Hall–Kier alpha value is -2.63. The maximum Gasteiger partial charge on any atom is 0.235 e. The second kappa shape index (κ2) is 5.05. The van der Waals surface area contributed by atoms with Gasteiger partial charge < -0.3 is 4.74 Å². The van der Waals surface area contributed by atoms with Crippen molar-refractivity contribution in [2.75, 3.05) is 7.11 Å². The van der Waals surface area contributed by atoms with E-state index in [-0.39, 0.29) is 5.78 Å². The number of methoxy groups -OCH3 is 1. The van der Waals surface area contributed by atoms with Crippen LogP contribution in [0.15, 0.2) is 30.5 Å². The molecule has 108 valence electrons. The summed E-state index contributed by atoms with van der Waals surface area (Å²) in [5.41, 5.74) is 1.77. The van der Waals surface area contributed by atoms with Crippen LogP contribution in [0.5, 0.6) is 5.75 Å². The molecule has 0 saturated heterocycles. The molecular formula is C15H16N4O2. The van der Waals surface area contributed by atoms with Crippen molar-refractivity contribution >= 4 is 16.7 Å². The second-order valence-corrected chi connectivity index (χ2v) is 4.70. The van der Waals surface area contributed by atoms with Gasteiger partial charge in [0, 0.05) is 19.0 Å². The van der Waals surface area contributed by atoms with Crippen molar-refractivity contribution < 1.29 is 9.53 Å². The van der Waals surface area contributed by atoms with Gasteiger partial charge in [0.2, 0.25) is 5.78 Å². The number of hydrogen-bond acceptors (Lipinski definition) is 4. The van der Waals surface area contributed by atoms with Gasteiger partial charge in [-0.1, -0.05) is 18.2 Å². The number of carbonyl (C=O) groups excluding carboxylic acids is 1. The molecular weight excluding hydrogens is 268 g/mol. The van der Waals surface area contributed by atoms with Crippen LogP contribution in [0.25, 0.3) is 10.9 Å². The minimum atomic E-state index is -0.178. The van der Waals surface area contributed by atoms with E-state index in [9.17, 15) is 4.79 Å². The van der Waals surface area contributed by atoms with Crippen molar-refractivity contribution in [3.05, 3.63) is 41.9 Å². The number of nitrogens with zero attached hydrogens (tertiary/aromatic N) is 4. The Morgan fingerprint density at radius 3 is 2.81 bits per heavy atom. The lowest BCUT2D eigenvalue weighted by molar-refractivity contribution is 0.102. The average Bonchev–Trinajstić information content (AvgIpc) is 3.08. The van der Waals surface area contributed by atoms with Crippen molar-refractivity contribution in [1.82, 2.24) is 19.6 Å². The van der Waals surface area contributed by atoms with Crippen LogP contribution in [0.4, 0.5) is 0 Å². The van der Waals surface area contributed by atoms with E-state index in [4.69, 9.17) is 4.74 Å². The summed E-state index contributed by atoms with van der Waals surface area (Å²) < 4.78 is 8.59. The van der Waals surface area contributed by atoms with Gasteiger partial charge in [-0.2, -0.15) is 10.2 Å². The van der Waals surface area contributed by atoms with Crippen LogP contribution in [0.2, 0.25) is 0 Å². The van der Waals surface area contributed by atoms with Crippen molar-refractivity contribution in [3.8, 4) is 5.75 Å². The summed E-state index contributed by atoms with van der Waals surface area (Å²) in [5.74, 6) is 0.291. The summed E-state index contributed by atoms with van der Waals surface area (Å²) in [5, 5.41) is 9.37. The first-order valence-electron chi connectivity index (χ1n) is 6.73. The average molecular weight is 284 g/mol. The normalized spacial score (nSPS) is 11.0. The van der Waals surface area contributed by atoms with Crippen LogP contribution >= 0.6 is 0 Å². The number of ketones is 1. The van der Waals surface area contributed by atoms with Gasteiger partial charge in [0.05, 0.1) is 18.8 Å². The van der Waals surface area contributed by atoms with Gasteiger partial charge in [-0.05, 0) is 13.0 Å². The Labute approximate surface area is 121 Å². The van der Waals surface area contributed by atoms with Gasteiger partial charge in [-0.3, -0.25) is 14.2 Å². The van der Waals surface area contributed by atoms with Crippen molar-refractivity contribution in [3.63, 3.8) is 0 Å². The lowest BCUT2D eigenvalue weighted by atomic mass is 10.1. The summed E-state index contributed by atoms with van der Waals surface area (Å²) >= 11 is 0. The molecule has 3 aromatic rings. The highest BCUT2D eigenvalue weighted by Gasteiger charge is 2.24. The maximum absolute atomic E-state index is 12.9. The molecule has 0 bridgehead atoms. The molecule has 0 atom stereocenters. The zero-order chi connectivity index (χ0) is 15.0. The molecule has 0 radical (unpaired) electrons. The van der Waals surface area contributed by atoms with Crippen LogP contribution in [-0.2, 0) is 13.6 Å². The highest BCUT2D eigenvalue weighted by atomic mass is 16.5. The van der Waals surface area contributed by atoms with E-state index in [1.54, 1.807) is 15.6 Å². The van der Waals surface area contributed by atoms with E-state index in [2.05, 4.69) is 10.2 Å². The summed E-state index contributed by atoms with van der Waals surface area (Å²) in [4.78, 5) is 12.9. The van der Waals surface area contributed by atoms with Crippen LogP contribution in [0.3, 0.4) is 0 Å². The number of aromatic nitrogens is 4. The van der Waals surface area contributed by atoms with Gasteiger partial charge >= 0.3 is 0 Å². The Morgan fingerprint density at radius 1 is 1.33 bits per heavy atom. The maximum atomic E-state index is 12.9. The molecule has 0 saturated carbocycles. The standard InChI is InChI=1S/C15H16N4O2/c1-4-19-14(12(21-3)9-16-19)15(20)13-10-7-5-6-8-11(10)18(2)17-13/h5-9H,4H2,1-3H3. The fourth-order valence-corrected chi connectivity index (χ4v) is 2.48. The molecule has 0 aliphatic carbocycles. The zero-order valence-electron chi connectivity index (χ0n) is 12.2. The van der Waals surface area contributed by atoms with Crippen LogP contribution in [0.1, 0.15) is 23.1 Å². The first-order chi connectivity index (χ1) is 10.2. The van der Waals surface area contributed by atoms with Gasteiger partial charge in [0.1, 0.15) is 5.69 Å². The van der Waals surface area contributed by atoms with E-state index in [0.717, 1.165) is 10.9 Å². The topological polar surface area (TPSA) is 61.9 Å². The number of ether oxygens (including phenoxy) is 1. The highest BCUT2D eigenvalue weighted by molar-refractivity contribution is 6.15. The summed E-state index contributed by atoms with van der Waals surface area (Å²) in [6.45, 7) is 2.52. The number of benzene rings is 1. The van der Waals surface area contributed by atoms with Crippen LogP contribution in [-0.4, -0.2) is 32.5 Å². The second-order valence-electron chi connectivity index (χ2n) is 4.70. The molecule has 0 amide bonds. The SMILES string of the molecule is CCn1ncc(OC)c1C(=O)c1nn(C)c2ccccc12. The molecule has 0 fully saturated rings. The molecule has 3 rings (SSSR count). The molecule has 2 heterocycles. The van der Waals surface area contributed by atoms with Crippen molar-refractivity contribution in [2.24, 2.45) is 7.05 Å². The van der Waals surface area contributed by atoms with Gasteiger partial charge in [0.25, 0.3) is 0 Å². The summed E-state index contributed by atoms with van der Waals surface area (Å²) in [6, 6.07) is 7.66. The summed E-state index contributed by atoms with van der Waals surface area (Å²) in [6.07, 6.45) is 1.56. The number of aryl methyl sites for hydroxylation is 2. The van der Waals surface area contributed by atoms with Gasteiger partial charge in [-0.15, -0.1) is 0 Å². The molecule has 0 spiro atoms. The third kappa shape index (κ3) is 1.99. The van der Waals surface area contributed by atoms with E-state index in [0.29, 0.717) is 23.7 Å². The van der Waals surface area contributed by atoms with Crippen LogP contribution in [0, 0.1) is 0 Å². The quantitative estimate of drug-likeness (QED) is 0.688. The number of hydrogen-bond donors (Lipinski definition) is 0. The minimum absolute atomic E-state index is 0.178. The molecule has 0 aliphatic rings. The molecule has 6 heteroatoms. The Morgan fingerprint density at radius 2 is 2.10 bits per heavy atom. The Bertz CT molecular complexity index is 795. The molecule has 21 heavy (non-hydrogen) atoms. The largest absolute Gasteiger partial charge is 0.493 e. The third-order valence-electron chi connectivity index (χ3n) is 3.51. The number of para-hydroxylation sites is 1. The Kier molecular flexibility index (Phi) is 3.21. The zero-order valence-corrected chi connectivity index (χ0v) is 12.2. The first kappa shape index (κ1) is 13.4. The molecule has 1 aromatic carbocycles. The molecule has 0 N–H and O–H groups in total. The molecule has 2 aromatic heterocycles. The number of fused-ring (bicyclic) bond motifs is 1. The van der Waals surface area contributed by atoms with Gasteiger partial charge in [0.15, 0.2) is 11.4 Å². The van der Waals surface area contributed by atoms with Crippen LogP contribution < -0.4 is 4.74 Å². The summed E-state index contributed by atoms with van der Waals surface area (Å²) in [7, 11) is 3.36. The lowest BCUT2D eigenvalue weighted by Crippen LogP contribution is -2.12. The predicted molar refractivity (Wildman–Crippen MR) is 78.6 cm³/mol. The molecule has 0 unspecified atom stereocenters. The molecule has 6 nitrogen and oxygen atoms in total. The first-order valence-corrected chi connectivity index (χ1v) is 6.73. The van der Waals surface area contributed by atoms with E-state index in [1.807, 2.05) is 38.2 Å². The van der Waals surface area contributed by atoms with Crippen molar-refractivity contribution in [1.29, 1.82) is 0 Å². The van der Waals surface area contributed by atoms with Gasteiger partial charge in [-0.25, -0.2) is 0 Å². The monoisotopic (exact) mass is 284 g/mol. The molecule has 0 aliphatic heterocycles. The van der Waals surface area contributed by atoms with E-state index < -0.39 is 0 Å². The third-order valence-corrected chi connectivity index (χ3v) is 3.51. The minimum Gasteiger partial charge on any atom is -0.493 e. The number of rotatable bonds is 4. The predicted octanol–water partition coefficient (Wildman–Crippen LogP) is 2.03. The number of carbonyl (C=O) groups is 1. The highest BCUT2D eigenvalue weighted by Crippen LogP contribution is 2.25. The fourth-order valence-electron chi connectivity index (χ4n) is 2.48. The van der Waals surface area contributed by atoms with Crippen molar-refractivity contribution in [2.45, 2.75) is 13.5 Å². The smallest absolute Gasteiger partial charge is 0.235 e. The van der Waals surface area contributed by atoms with E-state index in [1.165, 1.54) is 7.11 Å². The van der Waals surface area contributed by atoms with E-state index >= 15 is 0 Å². The Balaban J connectivity index is 2.20. The lowest BCUT2D eigenvalue weighted by Gasteiger charge is -2.04.